The van der Waals surface area contributed by atoms with Crippen molar-refractivity contribution in [2.45, 2.75) is 0 Å². The fourth-order valence-corrected chi connectivity index (χ4v) is 1.81. The molecule has 0 N–H and O–H groups in total. The Morgan fingerprint density at radius 3 is 0.950 bits per heavy atom. The van der Waals surface area contributed by atoms with Crippen LogP contribution in [0.4, 0.5) is 0 Å². The zero-order valence-electron chi connectivity index (χ0n) is 11.7. The average molecular weight is 278 g/mol. The van der Waals surface area contributed by atoms with Gasteiger partial charge in [0.25, 0.3) is 0 Å². The van der Waals surface area contributed by atoms with Crippen molar-refractivity contribution in [2.75, 3.05) is 0 Å². The smallest absolute Gasteiger partial charge is 0.153 e. The fourth-order valence-electron chi connectivity index (χ4n) is 1.81. The molecule has 0 nitrogen and oxygen atoms in total. The topological polar surface area (TPSA) is 0 Å². The highest BCUT2D eigenvalue weighted by Gasteiger charge is 1.95. The summed E-state index contributed by atoms with van der Waals surface area (Å²) in [6.45, 7) is 0. The molecule has 100 valence electrons. The molecule has 0 aromatic heterocycles. The average Bonchev–Trinajstić information content (AvgIpc) is 2.52. The van der Waals surface area contributed by atoms with Crippen LogP contribution in [-0.4, -0.2) is 7.28 Å². The molecular formula is C18H20BP. The molecule has 0 radical (unpaired) electrons. The van der Waals surface area contributed by atoms with Crippen LogP contribution in [0.3, 0.4) is 0 Å². The molecule has 0 fully saturated rings. The van der Waals surface area contributed by atoms with Gasteiger partial charge in [0.05, 0.1) is 0 Å². The predicted octanol–water partition coefficient (Wildman–Crippen LogP) is 2.82. The van der Waals surface area contributed by atoms with E-state index in [1.165, 1.54) is 10.9 Å². The summed E-state index contributed by atoms with van der Waals surface area (Å²) in [5.41, 5.74) is 2.74. The summed E-state index contributed by atoms with van der Waals surface area (Å²) < 4.78 is 0. The largest absolute Gasteiger partial charge is 0.192 e. The van der Waals surface area contributed by atoms with Crippen LogP contribution in [0.1, 0.15) is 0 Å². The Morgan fingerprint density at radius 1 is 0.400 bits per heavy atom. The quantitative estimate of drug-likeness (QED) is 0.499. The van der Waals surface area contributed by atoms with Gasteiger partial charge in [0, 0.05) is 0 Å². The number of benzene rings is 3. The van der Waals surface area contributed by atoms with Gasteiger partial charge >= 0.3 is 0 Å². The van der Waals surface area contributed by atoms with Crippen molar-refractivity contribution in [3.05, 3.63) is 97.1 Å². The van der Waals surface area contributed by atoms with Crippen LogP contribution >= 0.6 is 9.90 Å². The van der Waals surface area contributed by atoms with E-state index in [1.54, 1.807) is 0 Å². The lowest BCUT2D eigenvalue weighted by Gasteiger charge is -1.98. The predicted molar refractivity (Wildman–Crippen MR) is 96.8 cm³/mol. The molecule has 0 spiro atoms. The van der Waals surface area contributed by atoms with Gasteiger partial charge in [-0.05, 0) is 0 Å². The van der Waals surface area contributed by atoms with Crippen molar-refractivity contribution in [1.29, 1.82) is 0 Å². The van der Waals surface area contributed by atoms with Gasteiger partial charge < -0.3 is 0 Å². The van der Waals surface area contributed by atoms with Crippen LogP contribution in [0.15, 0.2) is 97.1 Å². The van der Waals surface area contributed by atoms with Gasteiger partial charge in [-0.2, -0.15) is 9.90 Å². The molecule has 3 aromatic rings. The van der Waals surface area contributed by atoms with Gasteiger partial charge in [0.2, 0.25) is 0 Å². The Hall–Kier alpha value is -1.85. The van der Waals surface area contributed by atoms with E-state index >= 15 is 0 Å². The minimum Gasteiger partial charge on any atom is -0.153 e. The van der Waals surface area contributed by atoms with Gasteiger partial charge in [0.15, 0.2) is 7.28 Å². The molecule has 3 rings (SSSR count). The highest BCUT2D eigenvalue weighted by atomic mass is 31.0. The zero-order chi connectivity index (χ0) is 13.2. The SMILES string of the molecule is B(c1ccccc1)c1ccccc1.P.c1ccccc1. The van der Waals surface area contributed by atoms with Gasteiger partial charge in [-0.3, -0.25) is 0 Å². The van der Waals surface area contributed by atoms with Crippen molar-refractivity contribution in [1.82, 2.24) is 0 Å². The minimum absolute atomic E-state index is 0. The van der Waals surface area contributed by atoms with Crippen LogP contribution in [-0.2, 0) is 0 Å². The van der Waals surface area contributed by atoms with Gasteiger partial charge in [-0.15, -0.1) is 0 Å². The molecule has 0 heterocycles. The van der Waals surface area contributed by atoms with Crippen LogP contribution in [0.2, 0.25) is 0 Å². The molecule has 0 aliphatic heterocycles. The zero-order valence-corrected chi connectivity index (χ0v) is 13.1. The fraction of sp³-hybridized carbons (Fsp3) is 0. The second-order valence-corrected chi connectivity index (χ2v) is 4.30. The maximum absolute atomic E-state index is 2.16. The number of hydrogen-bond donors (Lipinski definition) is 0. The van der Waals surface area contributed by atoms with Gasteiger partial charge in [0.1, 0.15) is 0 Å². The summed E-state index contributed by atoms with van der Waals surface area (Å²) in [6, 6.07) is 33.1. The molecule has 3 aromatic carbocycles. The minimum atomic E-state index is 0. The molecule has 0 aliphatic carbocycles. The van der Waals surface area contributed by atoms with Crippen molar-refractivity contribution >= 4 is 28.1 Å². The summed E-state index contributed by atoms with van der Waals surface area (Å²) in [7, 11) is 1.03. The van der Waals surface area contributed by atoms with Gasteiger partial charge in [-0.1, -0.05) is 108 Å². The standard InChI is InChI=1S/C12H11B.C6H6.H3P/c1-3-7-11(8-4-1)13-12-9-5-2-6-10-12;1-2-4-6-5-3-1;/h1-10,13H;1-6H;1H3. The van der Waals surface area contributed by atoms with Gasteiger partial charge in [-0.25, -0.2) is 0 Å². The van der Waals surface area contributed by atoms with Crippen LogP contribution in [0.5, 0.6) is 0 Å². The summed E-state index contributed by atoms with van der Waals surface area (Å²) in [5.74, 6) is 0. The van der Waals surface area contributed by atoms with Crippen molar-refractivity contribution in [3.63, 3.8) is 0 Å². The van der Waals surface area contributed by atoms with Crippen molar-refractivity contribution in [2.24, 2.45) is 0 Å². The molecule has 0 saturated heterocycles. The van der Waals surface area contributed by atoms with Crippen molar-refractivity contribution < 1.29 is 0 Å². The Balaban J connectivity index is 0.000000243. The first kappa shape index (κ1) is 16.2. The molecular weight excluding hydrogens is 258 g/mol. The molecule has 20 heavy (non-hydrogen) atoms. The second kappa shape index (κ2) is 10.0. The summed E-state index contributed by atoms with van der Waals surface area (Å²) in [5, 5.41) is 0. The van der Waals surface area contributed by atoms with E-state index in [0.717, 1.165) is 7.28 Å². The van der Waals surface area contributed by atoms with E-state index in [9.17, 15) is 0 Å². The Morgan fingerprint density at radius 2 is 0.650 bits per heavy atom. The summed E-state index contributed by atoms with van der Waals surface area (Å²) in [6.07, 6.45) is 0. The van der Waals surface area contributed by atoms with E-state index in [4.69, 9.17) is 0 Å². The number of hydrogen-bond acceptors (Lipinski definition) is 0. The Bertz CT molecular complexity index is 488. The van der Waals surface area contributed by atoms with E-state index in [0.29, 0.717) is 0 Å². The van der Waals surface area contributed by atoms with E-state index in [2.05, 4.69) is 60.7 Å². The van der Waals surface area contributed by atoms with E-state index in [1.807, 2.05) is 36.4 Å². The summed E-state index contributed by atoms with van der Waals surface area (Å²) in [4.78, 5) is 0. The van der Waals surface area contributed by atoms with Crippen LogP contribution in [0.25, 0.3) is 0 Å². The lowest BCUT2D eigenvalue weighted by molar-refractivity contribution is 1.72. The van der Waals surface area contributed by atoms with Crippen LogP contribution in [0, 0.1) is 0 Å². The molecule has 1 atom stereocenters. The number of rotatable bonds is 2. The summed E-state index contributed by atoms with van der Waals surface area (Å²) >= 11 is 0. The highest BCUT2D eigenvalue weighted by Crippen LogP contribution is 1.84. The third-order valence-electron chi connectivity index (χ3n) is 2.76. The lowest BCUT2D eigenvalue weighted by atomic mass is 9.64. The molecule has 0 aliphatic rings. The molecule has 2 heteroatoms. The van der Waals surface area contributed by atoms with E-state index < -0.39 is 0 Å². The Labute approximate surface area is 125 Å². The lowest BCUT2D eigenvalue weighted by Crippen LogP contribution is -2.26. The third-order valence-corrected chi connectivity index (χ3v) is 2.76. The maximum Gasteiger partial charge on any atom is 0.192 e. The first-order valence-corrected chi connectivity index (χ1v) is 6.53. The molecule has 0 saturated carbocycles. The second-order valence-electron chi connectivity index (χ2n) is 4.30. The molecule has 1 unspecified atom stereocenters. The van der Waals surface area contributed by atoms with Crippen LogP contribution < -0.4 is 10.9 Å². The Kier molecular flexibility index (Phi) is 8.11. The first-order valence-electron chi connectivity index (χ1n) is 6.53. The van der Waals surface area contributed by atoms with Crippen molar-refractivity contribution in [3.8, 4) is 0 Å². The third kappa shape index (κ3) is 6.36. The molecule has 0 amide bonds. The van der Waals surface area contributed by atoms with E-state index in [-0.39, 0.29) is 9.90 Å². The monoisotopic (exact) mass is 278 g/mol. The molecule has 0 bridgehead atoms. The first-order chi connectivity index (χ1) is 9.45. The normalized spacial score (nSPS) is 8.60. The highest BCUT2D eigenvalue weighted by molar-refractivity contribution is 6.92. The maximum atomic E-state index is 2.16.